The molecule has 0 aromatic heterocycles. The van der Waals surface area contributed by atoms with E-state index in [0.29, 0.717) is 86.6 Å². The minimum absolute atomic E-state index is 0. The van der Waals surface area contributed by atoms with E-state index < -0.39 is 79.9 Å². The van der Waals surface area contributed by atoms with Gasteiger partial charge in [0.15, 0.2) is 23.1 Å². The summed E-state index contributed by atoms with van der Waals surface area (Å²) in [7, 11) is -6.71. The lowest BCUT2D eigenvalue weighted by Crippen LogP contribution is -2.60. The van der Waals surface area contributed by atoms with Crippen LogP contribution in [0.1, 0.15) is 118 Å². The Balaban J connectivity index is 0.000000227. The molecular formula is C67H85IN12O14S2. The van der Waals surface area contributed by atoms with Crippen molar-refractivity contribution >= 4 is 120 Å². The van der Waals surface area contributed by atoms with Crippen molar-refractivity contribution in [1.29, 1.82) is 0 Å². The molecule has 9 aliphatic rings. The van der Waals surface area contributed by atoms with Crippen LogP contribution in [-0.4, -0.2) is 184 Å². The SMILES string of the molecule is CC1=NCCN1.COC(=O)[C@H](CNC(=O)CCC(=O)c1cccc(N)c1)CC(=O)C1C2CCC(CC2)N1S(=O)(=O)c1ccccc1.I.O=C(CCC(=O)c1cccc(NC2=NCCN2C2=NCCN2)c1)NC[C@H](CC(=O)C1C2CCC(CC2)N1S(=O)(=O)c1ccccc1)C(=O)O. The van der Waals surface area contributed by atoms with Gasteiger partial charge in [0.1, 0.15) is 0 Å². The standard InChI is InChI=1S/C34H41N7O7S.C29H35N3O7S.C4H8N2.HI/c42-28(23-5-4-6-25(19-23)39-34-37-17-18-40(34)33-35-15-16-36-33)13-14-30(44)38-21-24(32(45)46)20-29(43)31-22-9-11-26(12-10-22)41(31)49(47,48)27-7-2-1-3-8-27;1-39-29(36)21(18-31-27(35)15-14-25(33)20-6-5-7-22(30)16-20)17-26(34)28-19-10-12-23(13-11-19)32(28)40(37,38)24-8-3-2-4-9-24;1-4-5-2-3-6-4;/h1-8,19,22,24,26,31H,9-18,20-21H2,(H,35,36)(H,37,39)(H,38,44)(H,45,46);2-9,16,19,21,23,28H,10-15,17-18,30H2,1H3,(H,31,35);2-3H2,1H3,(H,5,6);1H/t22?,24-,26?,31?;19?,21-,23?,28?;;/m00../s1. The van der Waals surface area contributed by atoms with Crippen LogP contribution in [0.5, 0.6) is 0 Å². The lowest BCUT2D eigenvalue weighted by molar-refractivity contribution is -0.148. The second kappa shape index (κ2) is 34.3. The highest BCUT2D eigenvalue weighted by Gasteiger charge is 2.53. The Kier molecular flexibility index (Phi) is 26.4. The number of benzene rings is 4. The van der Waals surface area contributed by atoms with Crippen molar-refractivity contribution in [2.75, 3.05) is 70.5 Å². The number of nitrogens with zero attached hydrogens (tertiary/aromatic N) is 6. The van der Waals surface area contributed by atoms with Crippen molar-refractivity contribution in [2.45, 2.75) is 131 Å². The van der Waals surface area contributed by atoms with Crippen LogP contribution in [0, 0.1) is 23.7 Å². The minimum atomic E-state index is -3.98. The summed E-state index contributed by atoms with van der Waals surface area (Å²) in [6, 6.07) is 27.0. The molecule has 0 radical (unpaired) electrons. The molecule has 4 saturated heterocycles. The molecule has 0 spiro atoms. The number of amides is 2. The maximum Gasteiger partial charge on any atom is 0.310 e. The van der Waals surface area contributed by atoms with E-state index in [1.165, 1.54) is 40.0 Å². The number of carbonyl (C=O) groups is 8. The van der Waals surface area contributed by atoms with E-state index in [1.807, 2.05) is 17.9 Å². The number of Topliss-reactive ketones (excluding diaryl/α,β-unsaturated/α-hetero) is 4. The predicted molar refractivity (Wildman–Crippen MR) is 371 cm³/mol. The van der Waals surface area contributed by atoms with Gasteiger partial charge in [-0.05, 0) is 119 Å². The van der Waals surface area contributed by atoms with Crippen LogP contribution in [0.3, 0.4) is 0 Å². The molecular weight excluding hydrogens is 1390 g/mol. The molecule has 516 valence electrons. The van der Waals surface area contributed by atoms with E-state index in [9.17, 15) is 60.3 Å². The highest BCUT2D eigenvalue weighted by molar-refractivity contribution is 14.0. The summed E-state index contributed by atoms with van der Waals surface area (Å²) in [6.45, 7) is 6.26. The number of ether oxygens (including phenoxy) is 1. The number of halogens is 1. The van der Waals surface area contributed by atoms with Crippen LogP contribution < -0.4 is 32.3 Å². The summed E-state index contributed by atoms with van der Waals surface area (Å²) in [4.78, 5) is 118. The third-order valence-electron chi connectivity index (χ3n) is 18.2. The Labute approximate surface area is 576 Å². The Bertz CT molecular complexity index is 3790. The van der Waals surface area contributed by atoms with Gasteiger partial charge in [-0.3, -0.25) is 58.2 Å². The molecule has 29 heteroatoms. The molecule has 4 aromatic rings. The number of hydrogen-bond donors (Lipinski definition) is 7. The summed E-state index contributed by atoms with van der Waals surface area (Å²) in [5.74, 6) is -4.35. The van der Waals surface area contributed by atoms with Crippen LogP contribution in [0.4, 0.5) is 11.4 Å². The van der Waals surface area contributed by atoms with Crippen LogP contribution >= 0.6 is 24.0 Å². The molecule has 2 amide bonds. The van der Waals surface area contributed by atoms with Crippen molar-refractivity contribution in [3.8, 4) is 0 Å². The highest BCUT2D eigenvalue weighted by atomic mass is 127. The minimum Gasteiger partial charge on any atom is -0.481 e. The van der Waals surface area contributed by atoms with Gasteiger partial charge in [0.25, 0.3) is 0 Å². The second-order valence-corrected chi connectivity index (χ2v) is 28.3. The summed E-state index contributed by atoms with van der Waals surface area (Å²) in [5, 5.41) is 24.7. The molecule has 2 aliphatic carbocycles. The van der Waals surface area contributed by atoms with E-state index in [-0.39, 0.29) is 120 Å². The van der Waals surface area contributed by atoms with Gasteiger partial charge in [0.05, 0.1) is 66.3 Å². The first-order valence-electron chi connectivity index (χ1n) is 32.3. The number of nitrogen functional groups attached to an aromatic ring is 1. The van der Waals surface area contributed by atoms with Crippen molar-refractivity contribution < 1.29 is 65.0 Å². The number of fused-ring (bicyclic) bond motifs is 6. The predicted octanol–water partition coefficient (Wildman–Crippen LogP) is 5.45. The molecule has 7 aliphatic heterocycles. The largest absolute Gasteiger partial charge is 0.481 e. The van der Waals surface area contributed by atoms with Crippen LogP contribution in [0.2, 0.25) is 0 Å². The topological polar surface area (TPSA) is 367 Å². The van der Waals surface area contributed by atoms with E-state index >= 15 is 0 Å². The number of aliphatic imine (C=N–C) groups is 3. The van der Waals surface area contributed by atoms with Gasteiger partial charge in [-0.1, -0.05) is 60.7 Å². The summed E-state index contributed by atoms with van der Waals surface area (Å²) in [5.41, 5.74) is 7.63. The fourth-order valence-corrected chi connectivity index (χ4v) is 17.2. The summed E-state index contributed by atoms with van der Waals surface area (Å²) >= 11 is 0. The first-order chi connectivity index (χ1) is 45.6. The van der Waals surface area contributed by atoms with E-state index in [1.54, 1.807) is 78.9 Å². The molecule has 13 rings (SSSR count). The number of carboxylic acids is 1. The fraction of sp³-hybridized carbons (Fsp3) is 0.478. The molecule has 96 heavy (non-hydrogen) atoms. The normalized spacial score (nSPS) is 21.6. The molecule has 4 bridgehead atoms. The molecule has 6 fully saturated rings. The van der Waals surface area contributed by atoms with Gasteiger partial charge in [0, 0.05) is 106 Å². The molecule has 4 aromatic carbocycles. The smallest absolute Gasteiger partial charge is 0.310 e. The van der Waals surface area contributed by atoms with Crippen molar-refractivity contribution in [3.05, 3.63) is 120 Å². The quantitative estimate of drug-likeness (QED) is 0.0187. The second-order valence-electron chi connectivity index (χ2n) is 24.6. The Hall–Kier alpha value is -8.00. The van der Waals surface area contributed by atoms with Crippen molar-refractivity contribution in [1.82, 2.24) is 34.8 Å². The Morgan fingerprint density at radius 3 is 1.55 bits per heavy atom. The Morgan fingerprint density at radius 2 is 1.09 bits per heavy atom. The number of nitrogens with one attached hydrogen (secondary N) is 5. The van der Waals surface area contributed by atoms with Crippen molar-refractivity contribution in [3.63, 3.8) is 0 Å². The van der Waals surface area contributed by atoms with Crippen LogP contribution in [0.15, 0.2) is 134 Å². The molecule has 2 saturated carbocycles. The number of methoxy groups -OCH3 is 1. The van der Waals surface area contributed by atoms with E-state index in [2.05, 4.69) is 41.6 Å². The lowest BCUT2D eigenvalue weighted by atomic mass is 9.74. The van der Waals surface area contributed by atoms with E-state index in [0.717, 1.165) is 44.3 Å². The number of rotatable bonds is 25. The number of sulfonamides is 2. The third kappa shape index (κ3) is 18.8. The maximum atomic E-state index is 13.7. The van der Waals surface area contributed by atoms with Gasteiger partial charge in [0.2, 0.25) is 43.8 Å². The molecule has 8 N–H and O–H groups in total. The fourth-order valence-electron chi connectivity index (χ4n) is 13.4. The van der Waals surface area contributed by atoms with Crippen molar-refractivity contribution in [2.24, 2.45) is 38.6 Å². The molecule has 7 heterocycles. The number of anilines is 2. The zero-order valence-corrected chi connectivity index (χ0v) is 57.8. The number of ketones is 4. The Morgan fingerprint density at radius 1 is 0.604 bits per heavy atom. The monoisotopic (exact) mass is 1470 g/mol. The number of piperidine rings is 4. The van der Waals surface area contributed by atoms with Gasteiger partial charge in [-0.2, -0.15) is 8.61 Å². The highest BCUT2D eigenvalue weighted by Crippen LogP contribution is 2.45. The zero-order chi connectivity index (χ0) is 67.8. The average molecular weight is 1470 g/mol. The first-order valence-corrected chi connectivity index (χ1v) is 35.2. The molecule has 4 atom stereocenters. The average Bonchev–Trinajstić information content (AvgIpc) is 0.850. The number of amidine groups is 1. The van der Waals surface area contributed by atoms with Gasteiger partial charge >= 0.3 is 11.9 Å². The first kappa shape index (κ1) is 73.8. The number of aliphatic carboxylic acids is 1. The zero-order valence-electron chi connectivity index (χ0n) is 53.8. The van der Waals surface area contributed by atoms with Gasteiger partial charge in [-0.25, -0.2) is 16.8 Å². The van der Waals surface area contributed by atoms with Crippen LogP contribution in [-0.2, 0) is 53.6 Å². The number of carbonyl (C=O) groups excluding carboxylic acids is 7. The van der Waals surface area contributed by atoms with E-state index in [4.69, 9.17) is 10.5 Å². The number of carboxylic acid groups (broad SMARTS) is 1. The number of esters is 1. The number of nitrogens with two attached hydrogens (primary N) is 1. The maximum absolute atomic E-state index is 13.7. The lowest BCUT2D eigenvalue weighted by Gasteiger charge is -2.49. The number of guanidine groups is 2. The van der Waals surface area contributed by atoms with Gasteiger partial charge < -0.3 is 42.2 Å². The number of hydrogen-bond acceptors (Lipinski definition) is 21. The van der Waals surface area contributed by atoms with Gasteiger partial charge in [-0.15, -0.1) is 24.0 Å². The molecule has 26 nitrogen and oxygen atoms in total. The molecule has 2 unspecified atom stereocenters. The van der Waals surface area contributed by atoms with Crippen LogP contribution in [0.25, 0.3) is 0 Å². The summed E-state index contributed by atoms with van der Waals surface area (Å²) in [6.07, 6.45) is 4.43. The summed E-state index contributed by atoms with van der Waals surface area (Å²) < 4.78 is 62.1. The third-order valence-corrected chi connectivity index (χ3v) is 22.1.